The summed E-state index contributed by atoms with van der Waals surface area (Å²) in [6.45, 7) is 5.82. The van der Waals surface area contributed by atoms with E-state index in [1.165, 1.54) is 24.4 Å². The van der Waals surface area contributed by atoms with Gasteiger partial charge in [0.2, 0.25) is 5.91 Å². The summed E-state index contributed by atoms with van der Waals surface area (Å²) in [6, 6.07) is 5.34. The first-order chi connectivity index (χ1) is 13.6. The quantitative estimate of drug-likeness (QED) is 0.536. The number of pyridine rings is 1. The van der Waals surface area contributed by atoms with Gasteiger partial charge in [0.1, 0.15) is 11.6 Å². The van der Waals surface area contributed by atoms with E-state index in [0.717, 1.165) is 0 Å². The maximum atomic E-state index is 15.5. The van der Waals surface area contributed by atoms with Crippen molar-refractivity contribution in [3.63, 3.8) is 0 Å². The lowest BCUT2D eigenvalue weighted by molar-refractivity contribution is -0.118. The van der Waals surface area contributed by atoms with Crippen LogP contribution < -0.4 is 16.8 Å². The minimum absolute atomic E-state index is 0.0153. The number of hydrogen-bond acceptors (Lipinski definition) is 5. The maximum absolute atomic E-state index is 15.5. The number of aromatic nitrogens is 1. The SMILES string of the molecule is CC(C)C[C@@H](N[C@H](C)CC(N)=O)c1ccc(Cl)c(C(=O)c2ccc(N)nc2)c1F. The third-order valence-corrected chi connectivity index (χ3v) is 4.79. The Morgan fingerprint density at radius 3 is 2.45 bits per heavy atom. The topological polar surface area (TPSA) is 111 Å². The van der Waals surface area contributed by atoms with E-state index < -0.39 is 23.5 Å². The van der Waals surface area contributed by atoms with E-state index in [1.54, 1.807) is 13.0 Å². The number of carbonyl (C=O) groups excluding carboxylic acids is 2. The van der Waals surface area contributed by atoms with Crippen LogP contribution in [0.4, 0.5) is 10.2 Å². The first-order valence-electron chi connectivity index (χ1n) is 9.38. The molecule has 8 heteroatoms. The number of hydrogen-bond donors (Lipinski definition) is 3. The summed E-state index contributed by atoms with van der Waals surface area (Å²) in [5.74, 6) is -1.22. The molecule has 0 unspecified atom stereocenters. The van der Waals surface area contributed by atoms with Gasteiger partial charge in [-0.2, -0.15) is 0 Å². The number of nitrogens with two attached hydrogens (primary N) is 2. The minimum Gasteiger partial charge on any atom is -0.384 e. The van der Waals surface area contributed by atoms with Gasteiger partial charge in [-0.3, -0.25) is 9.59 Å². The van der Waals surface area contributed by atoms with Gasteiger partial charge in [0.15, 0.2) is 5.78 Å². The summed E-state index contributed by atoms with van der Waals surface area (Å²) in [5, 5.41) is 3.26. The number of halogens is 2. The van der Waals surface area contributed by atoms with E-state index in [4.69, 9.17) is 23.1 Å². The molecule has 1 heterocycles. The van der Waals surface area contributed by atoms with Crippen LogP contribution in [0.5, 0.6) is 0 Å². The molecule has 2 rings (SSSR count). The summed E-state index contributed by atoms with van der Waals surface area (Å²) in [5.41, 5.74) is 11.1. The van der Waals surface area contributed by atoms with Gasteiger partial charge < -0.3 is 16.8 Å². The lowest BCUT2D eigenvalue weighted by atomic mass is 9.92. The summed E-state index contributed by atoms with van der Waals surface area (Å²) < 4.78 is 15.5. The zero-order valence-corrected chi connectivity index (χ0v) is 17.5. The van der Waals surface area contributed by atoms with Crippen LogP contribution in [0.2, 0.25) is 5.02 Å². The van der Waals surface area contributed by atoms with Crippen molar-refractivity contribution >= 4 is 29.1 Å². The standard InChI is InChI=1S/C21H26ClFN4O2/c1-11(2)8-16(27-12(3)9-18(25)28)14-5-6-15(22)19(20(14)23)21(29)13-4-7-17(24)26-10-13/h4-7,10-12,16,27H,8-9H2,1-3H3,(H2,24,26)(H2,25,28)/t12-,16-/m1/s1. The Morgan fingerprint density at radius 2 is 1.90 bits per heavy atom. The zero-order chi connectivity index (χ0) is 21.7. The Balaban J connectivity index is 2.45. The number of anilines is 1. The first-order valence-corrected chi connectivity index (χ1v) is 9.76. The molecule has 0 aliphatic heterocycles. The lowest BCUT2D eigenvalue weighted by Crippen LogP contribution is -2.35. The molecular weight excluding hydrogens is 395 g/mol. The Morgan fingerprint density at radius 1 is 1.21 bits per heavy atom. The molecule has 156 valence electrons. The number of amides is 1. The fourth-order valence-electron chi connectivity index (χ4n) is 3.19. The van der Waals surface area contributed by atoms with Crippen LogP contribution in [0.1, 0.15) is 61.1 Å². The average Bonchev–Trinajstić information content (AvgIpc) is 2.60. The highest BCUT2D eigenvalue weighted by Crippen LogP contribution is 2.31. The molecule has 5 N–H and O–H groups in total. The van der Waals surface area contributed by atoms with E-state index in [0.29, 0.717) is 12.0 Å². The summed E-state index contributed by atoms with van der Waals surface area (Å²) in [7, 11) is 0. The average molecular weight is 421 g/mol. The number of nitrogens with zero attached hydrogens (tertiary/aromatic N) is 1. The van der Waals surface area contributed by atoms with Crippen LogP contribution in [0.15, 0.2) is 30.5 Å². The fourth-order valence-corrected chi connectivity index (χ4v) is 3.42. The van der Waals surface area contributed by atoms with Crippen molar-refractivity contribution < 1.29 is 14.0 Å². The molecule has 0 saturated heterocycles. The van der Waals surface area contributed by atoms with Gasteiger partial charge in [0.05, 0.1) is 10.6 Å². The highest BCUT2D eigenvalue weighted by Gasteiger charge is 2.26. The molecule has 2 aromatic rings. The predicted octanol–water partition coefficient (Wildman–Crippen LogP) is 3.63. The van der Waals surface area contributed by atoms with Crippen LogP contribution in [-0.4, -0.2) is 22.7 Å². The molecule has 0 saturated carbocycles. The first kappa shape index (κ1) is 22.8. The van der Waals surface area contributed by atoms with Gasteiger partial charge in [-0.05, 0) is 37.5 Å². The highest BCUT2D eigenvalue weighted by molar-refractivity contribution is 6.35. The molecule has 0 radical (unpaired) electrons. The smallest absolute Gasteiger partial charge is 0.218 e. The third-order valence-electron chi connectivity index (χ3n) is 4.47. The monoisotopic (exact) mass is 420 g/mol. The number of rotatable bonds is 9. The van der Waals surface area contributed by atoms with Gasteiger partial charge in [-0.25, -0.2) is 9.37 Å². The Bertz CT molecular complexity index is 887. The summed E-state index contributed by atoms with van der Waals surface area (Å²) in [6.07, 6.45) is 2.00. The molecule has 0 aliphatic carbocycles. The van der Waals surface area contributed by atoms with Gasteiger partial charge in [-0.1, -0.05) is 31.5 Å². The number of benzene rings is 1. The minimum atomic E-state index is -0.691. The molecule has 0 fully saturated rings. The molecule has 0 bridgehead atoms. The lowest BCUT2D eigenvalue weighted by Gasteiger charge is -2.26. The van der Waals surface area contributed by atoms with Crippen molar-refractivity contribution in [2.24, 2.45) is 11.7 Å². The van der Waals surface area contributed by atoms with Crippen LogP contribution in [-0.2, 0) is 4.79 Å². The normalized spacial score (nSPS) is 13.3. The summed E-state index contributed by atoms with van der Waals surface area (Å²) >= 11 is 6.17. The largest absolute Gasteiger partial charge is 0.384 e. The second-order valence-electron chi connectivity index (χ2n) is 7.55. The van der Waals surface area contributed by atoms with E-state index in [2.05, 4.69) is 10.3 Å². The third kappa shape index (κ3) is 5.98. The van der Waals surface area contributed by atoms with Crippen molar-refractivity contribution in [1.29, 1.82) is 0 Å². The van der Waals surface area contributed by atoms with Crippen LogP contribution in [0, 0.1) is 11.7 Å². The van der Waals surface area contributed by atoms with Crippen molar-refractivity contribution in [2.75, 3.05) is 5.73 Å². The molecule has 6 nitrogen and oxygen atoms in total. The maximum Gasteiger partial charge on any atom is 0.218 e. The molecule has 1 aromatic carbocycles. The summed E-state index contributed by atoms with van der Waals surface area (Å²) in [4.78, 5) is 28.0. The van der Waals surface area contributed by atoms with Crippen molar-refractivity contribution in [2.45, 2.75) is 45.7 Å². The van der Waals surface area contributed by atoms with Crippen molar-refractivity contribution in [3.8, 4) is 0 Å². The van der Waals surface area contributed by atoms with Crippen LogP contribution >= 0.6 is 11.6 Å². The van der Waals surface area contributed by atoms with E-state index in [9.17, 15) is 9.59 Å². The molecule has 2 atom stereocenters. The Hall–Kier alpha value is -2.51. The van der Waals surface area contributed by atoms with Gasteiger partial charge >= 0.3 is 0 Å². The van der Waals surface area contributed by atoms with Crippen LogP contribution in [0.3, 0.4) is 0 Å². The highest BCUT2D eigenvalue weighted by atomic mass is 35.5. The molecular formula is C21H26ClFN4O2. The number of nitrogens with one attached hydrogen (secondary N) is 1. The Labute approximate surface area is 174 Å². The zero-order valence-electron chi connectivity index (χ0n) is 16.7. The number of ketones is 1. The van der Waals surface area contributed by atoms with Crippen molar-refractivity contribution in [3.05, 3.63) is 58.0 Å². The van der Waals surface area contributed by atoms with Gasteiger partial charge in [-0.15, -0.1) is 0 Å². The van der Waals surface area contributed by atoms with E-state index in [1.807, 2.05) is 13.8 Å². The number of carbonyl (C=O) groups is 2. The number of nitrogen functional groups attached to an aromatic ring is 1. The molecule has 1 aromatic heterocycles. The van der Waals surface area contributed by atoms with Gasteiger partial charge in [0, 0.05) is 35.8 Å². The predicted molar refractivity (Wildman–Crippen MR) is 112 cm³/mol. The second-order valence-corrected chi connectivity index (χ2v) is 7.95. The molecule has 0 aliphatic rings. The van der Waals surface area contributed by atoms with E-state index in [-0.39, 0.29) is 40.3 Å². The van der Waals surface area contributed by atoms with Crippen LogP contribution in [0.25, 0.3) is 0 Å². The second kappa shape index (κ2) is 9.80. The number of primary amides is 1. The van der Waals surface area contributed by atoms with E-state index >= 15 is 4.39 Å². The molecule has 1 amide bonds. The molecule has 0 spiro atoms. The van der Waals surface area contributed by atoms with Gasteiger partial charge in [0.25, 0.3) is 0 Å². The van der Waals surface area contributed by atoms with Crippen molar-refractivity contribution in [1.82, 2.24) is 10.3 Å². The Kier molecular flexibility index (Phi) is 7.70. The molecule has 29 heavy (non-hydrogen) atoms. The fraction of sp³-hybridized carbons (Fsp3) is 0.381.